The molecule has 1 aromatic carbocycles. The second-order valence-electron chi connectivity index (χ2n) is 3.84. The molecule has 0 bridgehead atoms. The van der Waals surface area contributed by atoms with Gasteiger partial charge in [0.05, 0.1) is 11.4 Å². The van der Waals surface area contributed by atoms with E-state index in [0.717, 1.165) is 5.69 Å². The average Bonchev–Trinajstić information content (AvgIpc) is 2.21. The molecule has 0 radical (unpaired) electrons. The van der Waals surface area contributed by atoms with E-state index >= 15 is 0 Å². The highest BCUT2D eigenvalue weighted by Crippen LogP contribution is 2.22. The minimum atomic E-state index is -4.06. The van der Waals surface area contributed by atoms with Crippen LogP contribution in [0.1, 0.15) is 19.3 Å². The van der Waals surface area contributed by atoms with Crippen LogP contribution in [-0.4, -0.2) is 12.7 Å². The Balaban J connectivity index is 2.25. The highest BCUT2D eigenvalue weighted by atomic mass is 19.4. The zero-order valence-corrected chi connectivity index (χ0v) is 9.35. The van der Waals surface area contributed by atoms with E-state index in [9.17, 15) is 13.2 Å². The Hall–Kier alpha value is -1.59. The van der Waals surface area contributed by atoms with Crippen LogP contribution < -0.4 is 16.8 Å². The van der Waals surface area contributed by atoms with Crippen LogP contribution in [0.5, 0.6) is 0 Å². The standard InChI is InChI=1S/C11H16F3N3/c12-11(13,14)5-1-2-6-17-8-3-4-9(15)10(16)7-8/h3-4,7,17H,1-2,5-6,15-16H2. The lowest BCUT2D eigenvalue weighted by atomic mass is 10.2. The highest BCUT2D eigenvalue weighted by Gasteiger charge is 2.25. The van der Waals surface area contributed by atoms with E-state index in [1.165, 1.54) is 0 Å². The van der Waals surface area contributed by atoms with Crippen molar-refractivity contribution in [2.45, 2.75) is 25.4 Å². The first kappa shape index (κ1) is 13.5. The number of rotatable bonds is 5. The quantitative estimate of drug-likeness (QED) is 0.553. The van der Waals surface area contributed by atoms with E-state index in [4.69, 9.17) is 11.5 Å². The van der Waals surface area contributed by atoms with Crippen molar-refractivity contribution in [2.24, 2.45) is 0 Å². The second-order valence-corrected chi connectivity index (χ2v) is 3.84. The van der Waals surface area contributed by atoms with Gasteiger partial charge in [-0.05, 0) is 31.0 Å². The zero-order valence-electron chi connectivity index (χ0n) is 9.35. The average molecular weight is 247 g/mol. The molecule has 0 heterocycles. The van der Waals surface area contributed by atoms with Gasteiger partial charge in [0.15, 0.2) is 0 Å². The van der Waals surface area contributed by atoms with Gasteiger partial charge in [-0.15, -0.1) is 0 Å². The van der Waals surface area contributed by atoms with Gasteiger partial charge < -0.3 is 16.8 Å². The van der Waals surface area contributed by atoms with E-state index in [0.29, 0.717) is 24.3 Å². The third kappa shape index (κ3) is 5.33. The Morgan fingerprint density at radius 1 is 1.06 bits per heavy atom. The van der Waals surface area contributed by atoms with Crippen LogP contribution in [-0.2, 0) is 0 Å². The topological polar surface area (TPSA) is 64.1 Å². The molecule has 0 aliphatic rings. The summed E-state index contributed by atoms with van der Waals surface area (Å²) >= 11 is 0. The number of alkyl halides is 3. The molecule has 0 amide bonds. The Morgan fingerprint density at radius 2 is 1.76 bits per heavy atom. The third-order valence-corrected chi connectivity index (χ3v) is 2.30. The third-order valence-electron chi connectivity index (χ3n) is 2.30. The number of nitrogens with one attached hydrogen (secondary N) is 1. The highest BCUT2D eigenvalue weighted by molar-refractivity contribution is 5.69. The summed E-state index contributed by atoms with van der Waals surface area (Å²) in [5, 5.41) is 3.00. The summed E-state index contributed by atoms with van der Waals surface area (Å²) in [6.07, 6.45) is -4.21. The molecule has 0 unspecified atom stereocenters. The lowest BCUT2D eigenvalue weighted by Crippen LogP contribution is -2.08. The Kier molecular flexibility index (Phi) is 4.48. The number of nitrogen functional groups attached to an aromatic ring is 2. The van der Waals surface area contributed by atoms with Crippen molar-refractivity contribution in [1.82, 2.24) is 0 Å². The van der Waals surface area contributed by atoms with Gasteiger partial charge >= 0.3 is 6.18 Å². The van der Waals surface area contributed by atoms with Gasteiger partial charge in [0.2, 0.25) is 0 Å². The van der Waals surface area contributed by atoms with Crippen molar-refractivity contribution in [3.05, 3.63) is 18.2 Å². The van der Waals surface area contributed by atoms with Gasteiger partial charge in [0, 0.05) is 18.7 Å². The van der Waals surface area contributed by atoms with E-state index < -0.39 is 12.6 Å². The lowest BCUT2D eigenvalue weighted by Gasteiger charge is -2.09. The number of anilines is 3. The van der Waals surface area contributed by atoms with E-state index in [-0.39, 0.29) is 6.42 Å². The van der Waals surface area contributed by atoms with E-state index in [1.54, 1.807) is 18.2 Å². The van der Waals surface area contributed by atoms with Crippen LogP contribution in [0.15, 0.2) is 18.2 Å². The SMILES string of the molecule is Nc1ccc(NCCCCC(F)(F)F)cc1N. The van der Waals surface area contributed by atoms with Gasteiger partial charge in [-0.25, -0.2) is 0 Å². The minimum absolute atomic E-state index is 0.126. The number of benzene rings is 1. The van der Waals surface area contributed by atoms with Crippen molar-refractivity contribution >= 4 is 17.1 Å². The van der Waals surface area contributed by atoms with Gasteiger partial charge in [0.1, 0.15) is 0 Å². The first-order chi connectivity index (χ1) is 7.88. The lowest BCUT2D eigenvalue weighted by molar-refractivity contribution is -0.135. The molecule has 3 nitrogen and oxygen atoms in total. The number of hydrogen-bond acceptors (Lipinski definition) is 3. The van der Waals surface area contributed by atoms with Crippen molar-refractivity contribution in [2.75, 3.05) is 23.3 Å². The van der Waals surface area contributed by atoms with Gasteiger partial charge in [-0.3, -0.25) is 0 Å². The van der Waals surface area contributed by atoms with Crippen LogP contribution in [0.3, 0.4) is 0 Å². The molecule has 96 valence electrons. The van der Waals surface area contributed by atoms with E-state index in [2.05, 4.69) is 5.32 Å². The van der Waals surface area contributed by atoms with E-state index in [1.807, 2.05) is 0 Å². The fourth-order valence-electron chi connectivity index (χ4n) is 1.37. The molecule has 0 fully saturated rings. The summed E-state index contributed by atoms with van der Waals surface area (Å²) in [5.41, 5.74) is 12.9. The smallest absolute Gasteiger partial charge is 0.389 e. The summed E-state index contributed by atoms with van der Waals surface area (Å²) in [6, 6.07) is 5.07. The van der Waals surface area contributed by atoms with Crippen LogP contribution in [0.2, 0.25) is 0 Å². The zero-order chi connectivity index (χ0) is 12.9. The van der Waals surface area contributed by atoms with Crippen LogP contribution in [0, 0.1) is 0 Å². The maximum absolute atomic E-state index is 11.9. The maximum Gasteiger partial charge on any atom is 0.389 e. The Morgan fingerprint density at radius 3 is 2.35 bits per heavy atom. The summed E-state index contributed by atoms with van der Waals surface area (Å²) in [5.74, 6) is 0. The normalized spacial score (nSPS) is 11.5. The molecule has 0 saturated carbocycles. The van der Waals surface area contributed by atoms with Crippen LogP contribution in [0.4, 0.5) is 30.2 Å². The number of halogens is 3. The van der Waals surface area contributed by atoms with Crippen molar-refractivity contribution in [3.8, 4) is 0 Å². The molecule has 5 N–H and O–H groups in total. The molecule has 0 atom stereocenters. The number of hydrogen-bond donors (Lipinski definition) is 3. The molecular weight excluding hydrogens is 231 g/mol. The van der Waals surface area contributed by atoms with Gasteiger partial charge in [0.25, 0.3) is 0 Å². The summed E-state index contributed by atoms with van der Waals surface area (Å²) < 4.78 is 35.6. The molecule has 6 heteroatoms. The Labute approximate surface area is 98.0 Å². The van der Waals surface area contributed by atoms with Gasteiger partial charge in [-0.2, -0.15) is 13.2 Å². The fraction of sp³-hybridized carbons (Fsp3) is 0.455. The number of unbranched alkanes of at least 4 members (excludes halogenated alkanes) is 1. The first-order valence-corrected chi connectivity index (χ1v) is 5.34. The molecule has 17 heavy (non-hydrogen) atoms. The summed E-state index contributed by atoms with van der Waals surface area (Å²) in [7, 11) is 0. The van der Waals surface area contributed by atoms with Crippen LogP contribution >= 0.6 is 0 Å². The van der Waals surface area contributed by atoms with Crippen LogP contribution in [0.25, 0.3) is 0 Å². The second kappa shape index (κ2) is 5.65. The molecular formula is C11H16F3N3. The molecule has 0 spiro atoms. The van der Waals surface area contributed by atoms with Gasteiger partial charge in [-0.1, -0.05) is 0 Å². The summed E-state index contributed by atoms with van der Waals surface area (Å²) in [4.78, 5) is 0. The van der Waals surface area contributed by atoms with Crippen molar-refractivity contribution in [1.29, 1.82) is 0 Å². The molecule has 0 aliphatic carbocycles. The maximum atomic E-state index is 11.9. The molecule has 0 aromatic heterocycles. The molecule has 0 saturated heterocycles. The number of nitrogens with two attached hydrogens (primary N) is 2. The predicted molar refractivity (Wildman–Crippen MR) is 63.7 cm³/mol. The largest absolute Gasteiger partial charge is 0.397 e. The minimum Gasteiger partial charge on any atom is -0.397 e. The Bertz CT molecular complexity index is 363. The molecule has 0 aliphatic heterocycles. The first-order valence-electron chi connectivity index (χ1n) is 5.34. The monoisotopic (exact) mass is 247 g/mol. The fourth-order valence-corrected chi connectivity index (χ4v) is 1.37. The van der Waals surface area contributed by atoms with Crippen molar-refractivity contribution in [3.63, 3.8) is 0 Å². The summed E-state index contributed by atoms with van der Waals surface area (Å²) in [6.45, 7) is 0.486. The molecule has 1 rings (SSSR count). The molecule has 1 aromatic rings. The predicted octanol–water partition coefficient (Wildman–Crippen LogP) is 3.00. The van der Waals surface area contributed by atoms with Crippen molar-refractivity contribution < 1.29 is 13.2 Å².